The highest BCUT2D eigenvalue weighted by atomic mass is 19.1. The molecule has 1 aromatic rings. The molecule has 1 aliphatic carbocycles. The average molecular weight is 322 g/mol. The fourth-order valence-electron chi connectivity index (χ4n) is 2.67. The molecule has 0 atom stereocenters. The number of aromatic nitrogens is 2. The molecule has 5 nitrogen and oxygen atoms in total. The van der Waals surface area contributed by atoms with Gasteiger partial charge in [0.25, 0.3) is 0 Å². The predicted molar refractivity (Wildman–Crippen MR) is 84.6 cm³/mol. The van der Waals surface area contributed by atoms with Gasteiger partial charge >= 0.3 is 7.12 Å². The number of allylic oxidation sites excluding steroid dienone is 1. The van der Waals surface area contributed by atoms with Gasteiger partial charge in [0.2, 0.25) is 5.89 Å². The Bertz CT molecular complexity index is 615. The summed E-state index contributed by atoms with van der Waals surface area (Å²) >= 11 is 0. The molecule has 126 valence electrons. The van der Waals surface area contributed by atoms with Gasteiger partial charge in [0.15, 0.2) is 5.82 Å². The zero-order chi connectivity index (χ0) is 17.0. The monoisotopic (exact) mass is 322 g/mol. The molecule has 2 aliphatic rings. The van der Waals surface area contributed by atoms with Gasteiger partial charge < -0.3 is 13.8 Å². The molecule has 0 radical (unpaired) electrons. The van der Waals surface area contributed by atoms with E-state index >= 15 is 0 Å². The van der Waals surface area contributed by atoms with Crippen LogP contribution in [0.1, 0.15) is 77.9 Å². The van der Waals surface area contributed by atoms with Crippen LogP contribution in [0.2, 0.25) is 0 Å². The predicted octanol–water partition coefficient (Wildman–Crippen LogP) is 3.93. The standard InChI is InChI=1S/C16H24BFN2O3/c1-9(2)13-19-14(21-20-13)11-7-10(8-11)12(18)17-22-15(3,4)16(5,6)23-17/h9,11H,7-8H2,1-6H3. The van der Waals surface area contributed by atoms with E-state index in [2.05, 4.69) is 10.1 Å². The Morgan fingerprint density at radius 2 is 1.74 bits per heavy atom. The number of nitrogens with zero attached hydrogens (tertiary/aromatic N) is 2. The van der Waals surface area contributed by atoms with E-state index in [1.165, 1.54) is 0 Å². The van der Waals surface area contributed by atoms with Crippen molar-refractivity contribution in [2.75, 3.05) is 0 Å². The second kappa shape index (κ2) is 5.41. The van der Waals surface area contributed by atoms with Gasteiger partial charge in [-0.2, -0.15) is 4.98 Å². The lowest BCUT2D eigenvalue weighted by Gasteiger charge is -2.32. The van der Waals surface area contributed by atoms with Crippen molar-refractivity contribution in [3.05, 3.63) is 23.0 Å². The van der Waals surface area contributed by atoms with Crippen molar-refractivity contribution in [3.8, 4) is 0 Å². The van der Waals surface area contributed by atoms with Crippen LogP contribution in [-0.4, -0.2) is 28.5 Å². The fourth-order valence-corrected chi connectivity index (χ4v) is 2.67. The Labute approximate surface area is 136 Å². The molecule has 0 unspecified atom stereocenters. The molecule has 23 heavy (non-hydrogen) atoms. The highest BCUT2D eigenvalue weighted by molar-refractivity contribution is 6.53. The molecule has 0 N–H and O–H groups in total. The van der Waals surface area contributed by atoms with Gasteiger partial charge in [0, 0.05) is 11.8 Å². The molecule has 1 aromatic heterocycles. The molecule has 7 heteroatoms. The SMILES string of the molecule is CC(C)c1noc(C2CC(=C(F)B3OC(C)(C)C(C)(C)O3)C2)n1. The second-order valence-corrected chi connectivity index (χ2v) is 7.79. The minimum absolute atomic E-state index is 0.0955. The van der Waals surface area contributed by atoms with Crippen LogP contribution in [0.5, 0.6) is 0 Å². The molecule has 1 saturated carbocycles. The molecule has 0 amide bonds. The topological polar surface area (TPSA) is 57.4 Å². The van der Waals surface area contributed by atoms with Crippen LogP contribution in [-0.2, 0) is 9.31 Å². The van der Waals surface area contributed by atoms with Crippen molar-refractivity contribution in [3.63, 3.8) is 0 Å². The largest absolute Gasteiger partial charge is 0.525 e. The van der Waals surface area contributed by atoms with Crippen LogP contribution in [0.3, 0.4) is 0 Å². The Balaban J connectivity index is 1.67. The van der Waals surface area contributed by atoms with Crippen LogP contribution in [0.4, 0.5) is 4.39 Å². The smallest absolute Gasteiger partial charge is 0.398 e. The molecule has 2 fully saturated rings. The van der Waals surface area contributed by atoms with Gasteiger partial charge in [-0.3, -0.25) is 0 Å². The van der Waals surface area contributed by atoms with E-state index in [9.17, 15) is 4.39 Å². The fraction of sp³-hybridized carbons (Fsp3) is 0.750. The van der Waals surface area contributed by atoms with Crippen molar-refractivity contribution < 1.29 is 18.2 Å². The van der Waals surface area contributed by atoms with Crippen molar-refractivity contribution in [1.82, 2.24) is 10.1 Å². The van der Waals surface area contributed by atoms with Gasteiger partial charge in [-0.1, -0.05) is 19.0 Å². The van der Waals surface area contributed by atoms with Crippen LogP contribution in [0.15, 0.2) is 15.8 Å². The molecule has 0 spiro atoms. The second-order valence-electron chi connectivity index (χ2n) is 7.79. The van der Waals surface area contributed by atoms with E-state index in [0.29, 0.717) is 24.6 Å². The van der Waals surface area contributed by atoms with E-state index in [4.69, 9.17) is 13.8 Å². The zero-order valence-corrected chi connectivity index (χ0v) is 14.6. The molecular weight excluding hydrogens is 298 g/mol. The lowest BCUT2D eigenvalue weighted by atomic mass is 9.72. The minimum atomic E-state index is -0.912. The third kappa shape index (κ3) is 2.85. The van der Waals surface area contributed by atoms with Crippen LogP contribution >= 0.6 is 0 Å². The Hall–Kier alpha value is -1.21. The first-order valence-electron chi connectivity index (χ1n) is 8.17. The molecule has 1 saturated heterocycles. The quantitative estimate of drug-likeness (QED) is 0.789. The molecular formula is C16H24BFN2O3. The number of hydrogen-bond donors (Lipinski definition) is 0. The third-order valence-electron chi connectivity index (χ3n) is 5.11. The maximum atomic E-state index is 14.6. The lowest BCUT2D eigenvalue weighted by Crippen LogP contribution is -2.41. The summed E-state index contributed by atoms with van der Waals surface area (Å²) in [5, 5.41) is 3.96. The molecule has 1 aliphatic heterocycles. The van der Waals surface area contributed by atoms with Crippen LogP contribution < -0.4 is 0 Å². The summed E-state index contributed by atoms with van der Waals surface area (Å²) in [4.78, 5) is 4.38. The highest BCUT2D eigenvalue weighted by Crippen LogP contribution is 2.46. The number of hydrogen-bond acceptors (Lipinski definition) is 5. The van der Waals surface area contributed by atoms with E-state index in [1.54, 1.807) is 0 Å². The molecule has 2 heterocycles. The van der Waals surface area contributed by atoms with Crippen LogP contribution in [0.25, 0.3) is 0 Å². The van der Waals surface area contributed by atoms with Gasteiger partial charge in [-0.15, -0.1) is 0 Å². The summed E-state index contributed by atoms with van der Waals surface area (Å²) in [7, 11) is -0.912. The van der Waals surface area contributed by atoms with Crippen molar-refractivity contribution in [1.29, 1.82) is 0 Å². The van der Waals surface area contributed by atoms with E-state index in [1.807, 2.05) is 41.5 Å². The summed E-state index contributed by atoms with van der Waals surface area (Å²) in [6, 6.07) is 0. The van der Waals surface area contributed by atoms with Crippen LogP contribution in [0, 0.1) is 0 Å². The Kier molecular flexibility index (Phi) is 3.92. The van der Waals surface area contributed by atoms with Crippen molar-refractivity contribution in [2.45, 2.75) is 77.4 Å². The van der Waals surface area contributed by atoms with Gasteiger partial charge in [0.05, 0.1) is 11.2 Å². The number of rotatable bonds is 3. The third-order valence-corrected chi connectivity index (χ3v) is 5.11. The summed E-state index contributed by atoms with van der Waals surface area (Å²) in [5.41, 5.74) is -0.643. The maximum absolute atomic E-state index is 14.6. The van der Waals surface area contributed by atoms with Crippen molar-refractivity contribution >= 4 is 7.12 Å². The molecule has 0 bridgehead atoms. The normalized spacial score (nSPS) is 25.8. The molecule has 0 aromatic carbocycles. The maximum Gasteiger partial charge on any atom is 0.525 e. The first kappa shape index (κ1) is 16.6. The average Bonchev–Trinajstić information content (AvgIpc) is 2.91. The Morgan fingerprint density at radius 1 is 1.17 bits per heavy atom. The molecule has 3 rings (SSSR count). The Morgan fingerprint density at radius 3 is 2.22 bits per heavy atom. The highest BCUT2D eigenvalue weighted by Gasteiger charge is 2.54. The minimum Gasteiger partial charge on any atom is -0.398 e. The van der Waals surface area contributed by atoms with E-state index in [-0.39, 0.29) is 17.6 Å². The zero-order valence-electron chi connectivity index (χ0n) is 14.6. The first-order chi connectivity index (χ1) is 10.6. The first-order valence-corrected chi connectivity index (χ1v) is 8.17. The lowest BCUT2D eigenvalue weighted by molar-refractivity contribution is 0.00578. The van der Waals surface area contributed by atoms with Gasteiger partial charge in [0.1, 0.15) is 5.73 Å². The van der Waals surface area contributed by atoms with E-state index < -0.39 is 18.3 Å². The number of halogens is 1. The van der Waals surface area contributed by atoms with Gasteiger partial charge in [-0.25, -0.2) is 4.39 Å². The van der Waals surface area contributed by atoms with Crippen molar-refractivity contribution in [2.24, 2.45) is 0 Å². The summed E-state index contributed by atoms with van der Waals surface area (Å²) in [6.07, 6.45) is 1.16. The summed E-state index contributed by atoms with van der Waals surface area (Å²) in [5.74, 6) is 1.62. The van der Waals surface area contributed by atoms with Gasteiger partial charge in [-0.05, 0) is 46.1 Å². The summed E-state index contributed by atoms with van der Waals surface area (Å²) in [6.45, 7) is 11.7. The summed E-state index contributed by atoms with van der Waals surface area (Å²) < 4.78 is 31.4. The van der Waals surface area contributed by atoms with E-state index in [0.717, 1.165) is 5.57 Å².